The van der Waals surface area contributed by atoms with E-state index in [2.05, 4.69) is 47.3 Å². The zero-order chi connectivity index (χ0) is 22.9. The number of hydrogen-bond acceptors (Lipinski definition) is 7. The fraction of sp³-hybridized carbons (Fsp3) is 0. The van der Waals surface area contributed by atoms with E-state index in [1.807, 2.05) is 48.5 Å². The van der Waals surface area contributed by atoms with E-state index in [4.69, 9.17) is 4.98 Å². The highest BCUT2D eigenvalue weighted by molar-refractivity contribution is 5.89. The molecule has 164 valence electrons. The number of rotatable bonds is 6. The monoisotopic (exact) mass is 445 g/mol. The molecule has 0 aliphatic heterocycles. The van der Waals surface area contributed by atoms with Crippen LogP contribution < -0.4 is 10.6 Å². The third-order valence-electron chi connectivity index (χ3n) is 5.43. The summed E-state index contributed by atoms with van der Waals surface area (Å²) in [5.74, 6) is 2.02. The van der Waals surface area contributed by atoms with E-state index in [1.54, 1.807) is 24.7 Å². The summed E-state index contributed by atoms with van der Waals surface area (Å²) in [6, 6.07) is 17.8. The highest BCUT2D eigenvalue weighted by atomic mass is 15.1. The first-order chi connectivity index (χ1) is 16.7. The molecule has 0 atom stereocenters. The predicted octanol–water partition coefficient (Wildman–Crippen LogP) is 5.12. The lowest BCUT2D eigenvalue weighted by Gasteiger charge is -2.07. The molecule has 2 aromatic carbocycles. The van der Waals surface area contributed by atoms with Gasteiger partial charge in [0.1, 0.15) is 18.0 Å². The number of aromatic nitrogens is 7. The number of anilines is 3. The molecule has 0 aliphatic rings. The van der Waals surface area contributed by atoms with E-state index in [-0.39, 0.29) is 0 Å². The van der Waals surface area contributed by atoms with E-state index in [9.17, 15) is 0 Å². The average Bonchev–Trinajstić information content (AvgIpc) is 3.51. The molecule has 4 N–H and O–H groups in total. The van der Waals surface area contributed by atoms with Crippen LogP contribution in [0.3, 0.4) is 0 Å². The van der Waals surface area contributed by atoms with E-state index in [1.165, 1.54) is 6.33 Å². The van der Waals surface area contributed by atoms with Crippen LogP contribution in [0.15, 0.2) is 86.1 Å². The third kappa shape index (κ3) is 3.82. The van der Waals surface area contributed by atoms with Crippen molar-refractivity contribution >= 4 is 44.8 Å². The Balaban J connectivity index is 1.25. The SMILES string of the molecule is C=C(Nc1ccncn1)c1cc2ccc(-c3nccc(Nc4ccc5[nH]ncc5c4)n3)cc2[nH]1. The van der Waals surface area contributed by atoms with Crippen molar-refractivity contribution in [2.45, 2.75) is 0 Å². The lowest BCUT2D eigenvalue weighted by molar-refractivity contribution is 1.12. The summed E-state index contributed by atoms with van der Waals surface area (Å²) in [7, 11) is 0. The molecule has 6 rings (SSSR count). The van der Waals surface area contributed by atoms with Gasteiger partial charge in [0.05, 0.1) is 23.1 Å². The maximum Gasteiger partial charge on any atom is 0.161 e. The molecule has 0 unspecified atom stereocenters. The molecule has 4 aromatic heterocycles. The number of H-pyrrole nitrogens is 2. The van der Waals surface area contributed by atoms with Crippen LogP contribution in [0.5, 0.6) is 0 Å². The lowest BCUT2D eigenvalue weighted by Crippen LogP contribution is -1.99. The first-order valence-electron chi connectivity index (χ1n) is 10.6. The molecule has 0 spiro atoms. The second kappa shape index (κ2) is 8.14. The lowest BCUT2D eigenvalue weighted by atomic mass is 10.1. The smallest absolute Gasteiger partial charge is 0.161 e. The van der Waals surface area contributed by atoms with Crippen molar-refractivity contribution in [2.24, 2.45) is 0 Å². The van der Waals surface area contributed by atoms with Gasteiger partial charge in [0.15, 0.2) is 5.82 Å². The Hall–Kier alpha value is -5.05. The van der Waals surface area contributed by atoms with Crippen molar-refractivity contribution < 1.29 is 0 Å². The van der Waals surface area contributed by atoms with Crippen molar-refractivity contribution in [2.75, 3.05) is 10.6 Å². The molecular weight excluding hydrogens is 426 g/mol. The summed E-state index contributed by atoms with van der Waals surface area (Å²) >= 11 is 0. The van der Waals surface area contributed by atoms with Gasteiger partial charge in [-0.3, -0.25) is 5.10 Å². The first kappa shape index (κ1) is 19.6. The van der Waals surface area contributed by atoms with Crippen molar-refractivity contribution in [3.63, 3.8) is 0 Å². The maximum atomic E-state index is 4.71. The molecule has 0 aliphatic carbocycles. The molecule has 34 heavy (non-hydrogen) atoms. The van der Waals surface area contributed by atoms with E-state index in [0.29, 0.717) is 23.2 Å². The minimum absolute atomic E-state index is 0.630. The van der Waals surface area contributed by atoms with Crippen LogP contribution in [-0.2, 0) is 0 Å². The van der Waals surface area contributed by atoms with E-state index in [0.717, 1.165) is 38.8 Å². The number of benzene rings is 2. The normalized spacial score (nSPS) is 11.1. The largest absolute Gasteiger partial charge is 0.353 e. The van der Waals surface area contributed by atoms with Gasteiger partial charge < -0.3 is 15.6 Å². The molecule has 9 heteroatoms. The minimum Gasteiger partial charge on any atom is -0.353 e. The molecular formula is C25H19N9. The predicted molar refractivity (Wildman–Crippen MR) is 133 cm³/mol. The molecule has 9 nitrogen and oxygen atoms in total. The van der Waals surface area contributed by atoms with Gasteiger partial charge in [-0.2, -0.15) is 5.10 Å². The van der Waals surface area contributed by atoms with Crippen LogP contribution in [0.1, 0.15) is 5.69 Å². The van der Waals surface area contributed by atoms with Gasteiger partial charge >= 0.3 is 0 Å². The first-order valence-corrected chi connectivity index (χ1v) is 10.6. The fourth-order valence-corrected chi connectivity index (χ4v) is 3.75. The number of nitrogens with one attached hydrogen (secondary N) is 4. The van der Waals surface area contributed by atoms with Gasteiger partial charge in [-0.05, 0) is 42.5 Å². The number of aromatic amines is 2. The summed E-state index contributed by atoms with van der Waals surface area (Å²) in [5.41, 5.74) is 5.38. The quantitative estimate of drug-likeness (QED) is 0.281. The minimum atomic E-state index is 0.630. The molecule has 0 radical (unpaired) electrons. The molecule has 0 saturated carbocycles. The van der Waals surface area contributed by atoms with Crippen molar-refractivity contribution in [1.82, 2.24) is 35.1 Å². The molecule has 0 saturated heterocycles. The molecule has 0 bridgehead atoms. The maximum absolute atomic E-state index is 4.71. The Morgan fingerprint density at radius 1 is 0.853 bits per heavy atom. The van der Waals surface area contributed by atoms with Crippen LogP contribution in [-0.4, -0.2) is 35.1 Å². The fourth-order valence-electron chi connectivity index (χ4n) is 3.75. The Bertz CT molecular complexity index is 1630. The Morgan fingerprint density at radius 2 is 1.79 bits per heavy atom. The van der Waals surface area contributed by atoms with Crippen LogP contribution in [0.2, 0.25) is 0 Å². The topological polar surface area (TPSA) is 120 Å². The Labute approximate surface area is 194 Å². The van der Waals surface area contributed by atoms with E-state index >= 15 is 0 Å². The van der Waals surface area contributed by atoms with Gasteiger partial charge in [0.25, 0.3) is 0 Å². The highest BCUT2D eigenvalue weighted by Crippen LogP contribution is 2.26. The number of fused-ring (bicyclic) bond motifs is 2. The zero-order valence-electron chi connectivity index (χ0n) is 17.9. The van der Waals surface area contributed by atoms with Crippen molar-refractivity contribution in [3.8, 4) is 11.4 Å². The second-order valence-corrected chi connectivity index (χ2v) is 7.75. The molecule has 4 heterocycles. The van der Waals surface area contributed by atoms with E-state index < -0.39 is 0 Å². The highest BCUT2D eigenvalue weighted by Gasteiger charge is 2.09. The molecule has 6 aromatic rings. The summed E-state index contributed by atoms with van der Waals surface area (Å²) in [5, 5.41) is 15.6. The summed E-state index contributed by atoms with van der Waals surface area (Å²) < 4.78 is 0. The number of hydrogen-bond donors (Lipinski definition) is 4. The average molecular weight is 445 g/mol. The van der Waals surface area contributed by atoms with Gasteiger partial charge in [-0.1, -0.05) is 18.7 Å². The van der Waals surface area contributed by atoms with Crippen molar-refractivity contribution in [3.05, 3.63) is 91.8 Å². The van der Waals surface area contributed by atoms with Crippen molar-refractivity contribution in [1.29, 1.82) is 0 Å². The number of nitrogens with zero attached hydrogens (tertiary/aromatic N) is 5. The Kier molecular flexibility index (Phi) is 4.70. The van der Waals surface area contributed by atoms with Crippen LogP contribution >= 0.6 is 0 Å². The van der Waals surface area contributed by atoms with Crippen LogP contribution in [0.25, 0.3) is 38.9 Å². The van der Waals surface area contributed by atoms with Gasteiger partial charge in [-0.15, -0.1) is 0 Å². The summed E-state index contributed by atoms with van der Waals surface area (Å²) in [6.07, 6.45) is 6.72. The zero-order valence-corrected chi connectivity index (χ0v) is 17.9. The third-order valence-corrected chi connectivity index (χ3v) is 5.43. The van der Waals surface area contributed by atoms with Gasteiger partial charge in [0, 0.05) is 39.9 Å². The standard InChI is InChI=1S/C25H19N9/c1-15(30-23-6-8-26-14-28-23)21-11-16-2-3-17(12-22(16)32-21)25-27-9-7-24(33-25)31-19-4-5-20-18(10-19)13-29-34-20/h2-14,32H,1H2,(H,29,34)(H,26,28,30)(H,27,31,33). The summed E-state index contributed by atoms with van der Waals surface area (Å²) in [6.45, 7) is 4.12. The van der Waals surface area contributed by atoms with Gasteiger partial charge in [0.2, 0.25) is 0 Å². The summed E-state index contributed by atoms with van der Waals surface area (Å²) in [4.78, 5) is 20.7. The van der Waals surface area contributed by atoms with Gasteiger partial charge in [-0.25, -0.2) is 19.9 Å². The molecule has 0 amide bonds. The molecule has 0 fully saturated rings. The second-order valence-electron chi connectivity index (χ2n) is 7.75. The Morgan fingerprint density at radius 3 is 2.71 bits per heavy atom. The van der Waals surface area contributed by atoms with Crippen LogP contribution in [0.4, 0.5) is 17.3 Å². The van der Waals surface area contributed by atoms with Crippen LogP contribution in [0, 0.1) is 0 Å².